The van der Waals surface area contributed by atoms with E-state index in [0.29, 0.717) is 19.3 Å². The van der Waals surface area contributed by atoms with Crippen molar-refractivity contribution in [3.63, 3.8) is 0 Å². The molecule has 0 amide bonds. The monoisotopic (exact) mass is 640 g/mol. The van der Waals surface area contributed by atoms with Crippen LogP contribution in [-0.4, -0.2) is 59.7 Å². The van der Waals surface area contributed by atoms with Crippen molar-refractivity contribution in [1.82, 2.24) is 0 Å². The first-order chi connectivity index (χ1) is 17.5. The number of rotatable bonds is 16. The van der Waals surface area contributed by atoms with E-state index in [2.05, 4.69) is 4.74 Å². The molecule has 0 atom stereocenters. The number of esters is 1. The van der Waals surface area contributed by atoms with E-state index in [-0.39, 0.29) is 6.42 Å². The summed E-state index contributed by atoms with van der Waals surface area (Å²) in [4.78, 5) is 11.3. The number of ether oxygens (including phenoxy) is 1. The second-order valence-corrected chi connectivity index (χ2v) is 8.38. The minimum absolute atomic E-state index is 0.0209. The molecule has 0 aliphatic carbocycles. The lowest BCUT2D eigenvalue weighted by atomic mass is 9.88. The fraction of sp³-hybridized carbons (Fsp3) is 0.947. The molecular formula is C19H19F19O2. The molecule has 0 N–H and O–H groups in total. The SMILES string of the molecule is CCCCCCCCCC(=O)OC(F)(F)C(F)(F)C(F)(F)C(F)(F)C(F)(F)C(F)(F)C(F)(F)C(F)(F)C(F)(F)F. The second-order valence-electron chi connectivity index (χ2n) is 8.38. The molecule has 0 spiro atoms. The molecule has 0 bridgehead atoms. The predicted octanol–water partition coefficient (Wildman–Crippen LogP) is 9.27. The van der Waals surface area contributed by atoms with Crippen molar-refractivity contribution < 1.29 is 92.9 Å². The summed E-state index contributed by atoms with van der Waals surface area (Å²) in [5.74, 6) is -63.4. The smallest absolute Gasteiger partial charge is 0.396 e. The zero-order valence-corrected chi connectivity index (χ0v) is 19.7. The van der Waals surface area contributed by atoms with Crippen LogP contribution < -0.4 is 0 Å². The Hall–Kier alpha value is -1.86. The molecule has 0 aromatic carbocycles. The highest BCUT2D eigenvalue weighted by Crippen LogP contribution is 2.65. The quantitative estimate of drug-likeness (QED) is 0.0956. The predicted molar refractivity (Wildman–Crippen MR) is 94.3 cm³/mol. The summed E-state index contributed by atoms with van der Waals surface area (Å²) in [5, 5.41) is 0. The summed E-state index contributed by atoms with van der Waals surface area (Å²) in [6.07, 6.45) is -13.8. The standard InChI is InChI=1S/C19H19F19O2/c1-2-3-4-5-6-7-8-9-10(39)40-19(37,38)17(32,33)15(28,29)13(24,25)11(20,21)12(22,23)14(26,27)16(30,31)18(34,35)36/h2-9H2,1H3. The average molecular weight is 640 g/mol. The van der Waals surface area contributed by atoms with Gasteiger partial charge >= 0.3 is 59.7 Å². The molecule has 240 valence electrons. The highest BCUT2D eigenvalue weighted by molar-refractivity contribution is 5.69. The Morgan fingerprint density at radius 1 is 0.450 bits per heavy atom. The molecule has 0 rings (SSSR count). The summed E-state index contributed by atoms with van der Waals surface area (Å²) in [6, 6.07) is 0. The van der Waals surface area contributed by atoms with E-state index in [1.54, 1.807) is 0 Å². The van der Waals surface area contributed by atoms with Gasteiger partial charge in [-0.25, -0.2) is 0 Å². The number of carbonyl (C=O) groups is 1. The van der Waals surface area contributed by atoms with Gasteiger partial charge in [0, 0.05) is 6.42 Å². The molecule has 0 aromatic heterocycles. The van der Waals surface area contributed by atoms with Crippen molar-refractivity contribution in [1.29, 1.82) is 0 Å². The number of carbonyl (C=O) groups excluding carboxylic acids is 1. The molecule has 0 aliphatic rings. The van der Waals surface area contributed by atoms with E-state index in [9.17, 15) is 88.2 Å². The van der Waals surface area contributed by atoms with Crippen molar-refractivity contribution in [3.8, 4) is 0 Å². The molecule has 0 saturated heterocycles. The minimum Gasteiger partial charge on any atom is -0.396 e. The van der Waals surface area contributed by atoms with Gasteiger partial charge < -0.3 is 4.74 Å². The topological polar surface area (TPSA) is 26.3 Å². The van der Waals surface area contributed by atoms with Crippen molar-refractivity contribution >= 4 is 5.97 Å². The van der Waals surface area contributed by atoms with Crippen LogP contribution in [0.4, 0.5) is 83.4 Å². The van der Waals surface area contributed by atoms with Crippen LogP contribution in [0.2, 0.25) is 0 Å². The van der Waals surface area contributed by atoms with E-state index in [1.165, 1.54) is 0 Å². The summed E-state index contributed by atoms with van der Waals surface area (Å²) in [5.41, 5.74) is 0. The third-order valence-electron chi connectivity index (χ3n) is 5.31. The Bertz CT molecular complexity index is 847. The minimum atomic E-state index is -9.01. The average Bonchev–Trinajstić information content (AvgIpc) is 2.76. The number of hydrogen-bond donors (Lipinski definition) is 0. The molecule has 2 nitrogen and oxygen atoms in total. The van der Waals surface area contributed by atoms with Gasteiger partial charge in [-0.1, -0.05) is 45.4 Å². The van der Waals surface area contributed by atoms with E-state index in [1.807, 2.05) is 6.92 Å². The molecule has 0 aromatic rings. The van der Waals surface area contributed by atoms with Gasteiger partial charge in [-0.2, -0.15) is 83.4 Å². The van der Waals surface area contributed by atoms with Crippen molar-refractivity contribution in [2.45, 2.75) is 112 Å². The van der Waals surface area contributed by atoms with Crippen LogP contribution in [-0.2, 0) is 9.53 Å². The summed E-state index contributed by atoms with van der Waals surface area (Å²) >= 11 is 0. The molecular weight excluding hydrogens is 621 g/mol. The van der Waals surface area contributed by atoms with E-state index < -0.39 is 72.6 Å². The van der Waals surface area contributed by atoms with Gasteiger partial charge in [0.1, 0.15) is 0 Å². The maximum atomic E-state index is 13.7. The summed E-state index contributed by atoms with van der Waals surface area (Å²) < 4.78 is 253. The summed E-state index contributed by atoms with van der Waals surface area (Å²) in [7, 11) is 0. The fourth-order valence-electron chi connectivity index (χ4n) is 2.83. The van der Waals surface area contributed by atoms with Crippen LogP contribution in [0.15, 0.2) is 0 Å². The van der Waals surface area contributed by atoms with Gasteiger partial charge in [-0.3, -0.25) is 4.79 Å². The largest absolute Gasteiger partial charge is 0.473 e. The highest BCUT2D eigenvalue weighted by Gasteiger charge is 2.97. The van der Waals surface area contributed by atoms with E-state index in [0.717, 1.165) is 12.8 Å². The maximum absolute atomic E-state index is 13.7. The Morgan fingerprint density at radius 3 is 1.10 bits per heavy atom. The van der Waals surface area contributed by atoms with Gasteiger partial charge in [0.05, 0.1) is 0 Å². The van der Waals surface area contributed by atoms with Crippen LogP contribution in [0.1, 0.15) is 58.3 Å². The van der Waals surface area contributed by atoms with Crippen molar-refractivity contribution in [2.24, 2.45) is 0 Å². The third kappa shape index (κ3) is 6.30. The molecule has 0 saturated carbocycles. The molecule has 0 radical (unpaired) electrons. The highest BCUT2D eigenvalue weighted by atomic mass is 19.4. The van der Waals surface area contributed by atoms with Gasteiger partial charge in [0.2, 0.25) is 0 Å². The number of unbranched alkanes of at least 4 members (excludes halogenated alkanes) is 6. The first-order valence-corrected chi connectivity index (χ1v) is 10.8. The second kappa shape index (κ2) is 11.8. The summed E-state index contributed by atoms with van der Waals surface area (Å²) in [6.45, 7) is 1.83. The lowest BCUT2D eigenvalue weighted by Gasteiger charge is -2.43. The number of hydrogen-bond acceptors (Lipinski definition) is 2. The van der Waals surface area contributed by atoms with Gasteiger partial charge in [-0.05, 0) is 6.42 Å². The lowest BCUT2D eigenvalue weighted by Crippen LogP contribution is -2.76. The molecule has 0 heterocycles. The van der Waals surface area contributed by atoms with Crippen LogP contribution in [0.5, 0.6) is 0 Å². The van der Waals surface area contributed by atoms with Crippen molar-refractivity contribution in [3.05, 3.63) is 0 Å². The number of alkyl halides is 19. The van der Waals surface area contributed by atoms with Gasteiger partial charge in [0.25, 0.3) is 0 Å². The van der Waals surface area contributed by atoms with Gasteiger partial charge in [-0.15, -0.1) is 0 Å². The lowest BCUT2D eigenvalue weighted by molar-refractivity contribution is -0.478. The third-order valence-corrected chi connectivity index (χ3v) is 5.31. The molecule has 0 unspecified atom stereocenters. The Kier molecular flexibility index (Phi) is 11.2. The van der Waals surface area contributed by atoms with Crippen molar-refractivity contribution in [2.75, 3.05) is 0 Å². The first kappa shape index (κ1) is 38.1. The molecule has 21 heteroatoms. The van der Waals surface area contributed by atoms with Crippen LogP contribution >= 0.6 is 0 Å². The Balaban J connectivity index is 6.14. The fourth-order valence-corrected chi connectivity index (χ4v) is 2.83. The number of halogens is 19. The van der Waals surface area contributed by atoms with E-state index >= 15 is 0 Å². The molecule has 40 heavy (non-hydrogen) atoms. The van der Waals surface area contributed by atoms with E-state index in [4.69, 9.17) is 0 Å². The first-order valence-electron chi connectivity index (χ1n) is 10.8. The van der Waals surface area contributed by atoms with Crippen LogP contribution in [0.3, 0.4) is 0 Å². The van der Waals surface area contributed by atoms with Crippen LogP contribution in [0, 0.1) is 0 Å². The zero-order valence-electron chi connectivity index (χ0n) is 19.7. The molecule has 0 fully saturated rings. The Labute approximate surface area is 212 Å². The van der Waals surface area contributed by atoms with Crippen LogP contribution in [0.25, 0.3) is 0 Å². The molecule has 0 aliphatic heterocycles. The normalized spacial score (nSPS) is 15.4. The zero-order chi connectivity index (χ0) is 32.4. The van der Waals surface area contributed by atoms with Gasteiger partial charge in [0.15, 0.2) is 0 Å². The maximum Gasteiger partial charge on any atom is 0.473 e. The Morgan fingerprint density at radius 2 is 0.750 bits per heavy atom.